The zero-order chi connectivity index (χ0) is 47.6. The van der Waals surface area contributed by atoms with Gasteiger partial charge in [0.15, 0.2) is 0 Å². The fourth-order valence-corrected chi connectivity index (χ4v) is 5.45. The Hall–Kier alpha value is -4.25. The van der Waals surface area contributed by atoms with Crippen molar-refractivity contribution in [3.05, 3.63) is 150 Å². The molecule has 5 rings (SSSR count). The van der Waals surface area contributed by atoms with Crippen molar-refractivity contribution in [3.63, 3.8) is 0 Å². The monoisotopic (exact) mass is 916 g/mol. The molecule has 66 heavy (non-hydrogen) atoms. The van der Waals surface area contributed by atoms with Gasteiger partial charge in [0, 0.05) is 55.3 Å². The van der Waals surface area contributed by atoms with Crippen molar-refractivity contribution >= 4 is 0 Å². The van der Waals surface area contributed by atoms with Gasteiger partial charge in [0.05, 0.1) is 5.69 Å². The number of pyridine rings is 3. The molecule has 0 bridgehead atoms. The van der Waals surface area contributed by atoms with Crippen LogP contribution in [-0.4, -0.2) is 24.9 Å². The molecule has 0 saturated carbocycles. The van der Waals surface area contributed by atoms with E-state index in [2.05, 4.69) is 183 Å². The summed E-state index contributed by atoms with van der Waals surface area (Å²) in [4.78, 5) is 20.5. The van der Waals surface area contributed by atoms with Crippen LogP contribution in [0.25, 0.3) is 0 Å². The molecule has 0 saturated heterocycles. The second kappa shape index (κ2) is 43.3. The number of aromatic nitrogens is 5. The molecular formula is C61H113N5. The Bertz CT molecular complexity index is 1340. The topological polar surface area (TPSA) is 64.5 Å². The lowest BCUT2D eigenvalue weighted by atomic mass is 9.88. The van der Waals surface area contributed by atoms with E-state index < -0.39 is 0 Å². The van der Waals surface area contributed by atoms with Crippen LogP contribution < -0.4 is 0 Å². The van der Waals surface area contributed by atoms with E-state index >= 15 is 0 Å². The summed E-state index contributed by atoms with van der Waals surface area (Å²) >= 11 is 0. The molecule has 0 aliphatic rings. The number of hydrogen-bond donors (Lipinski definition) is 0. The lowest BCUT2D eigenvalue weighted by molar-refractivity contribution is 0.405. The molecule has 5 aromatic rings. The van der Waals surface area contributed by atoms with Gasteiger partial charge in [-0.15, -0.1) is 0 Å². The third kappa shape index (κ3) is 55.9. The summed E-state index contributed by atoms with van der Waals surface area (Å²) in [7, 11) is 0. The van der Waals surface area contributed by atoms with E-state index in [-0.39, 0.29) is 37.1 Å². The molecule has 0 spiro atoms. The highest BCUT2D eigenvalue weighted by molar-refractivity contribution is 5.16. The maximum absolute atomic E-state index is 4.26. The molecule has 4 aromatic heterocycles. The summed E-state index contributed by atoms with van der Waals surface area (Å²) < 4.78 is 0. The first-order valence-electron chi connectivity index (χ1n) is 22.9. The van der Waals surface area contributed by atoms with E-state index in [9.17, 15) is 0 Å². The summed E-state index contributed by atoms with van der Waals surface area (Å²) in [6, 6.07) is 25.0. The largest absolute Gasteiger partial charge is 0.265 e. The molecule has 5 nitrogen and oxygen atoms in total. The quantitative estimate of drug-likeness (QED) is 0.176. The Kier molecular flexibility index (Phi) is 51.8. The van der Waals surface area contributed by atoms with Crippen LogP contribution in [0.2, 0.25) is 0 Å². The van der Waals surface area contributed by atoms with Crippen molar-refractivity contribution < 1.29 is 0 Å². The minimum atomic E-state index is 0. The number of nitrogens with zero attached hydrogens (tertiary/aromatic N) is 5. The zero-order valence-electron chi connectivity index (χ0n) is 43.3. The van der Waals surface area contributed by atoms with Gasteiger partial charge in [0.1, 0.15) is 0 Å². The summed E-state index contributed by atoms with van der Waals surface area (Å²) in [6.07, 6.45) is 20.0. The summed E-state index contributed by atoms with van der Waals surface area (Å²) in [5, 5.41) is 0. The molecule has 0 atom stereocenters. The van der Waals surface area contributed by atoms with Gasteiger partial charge in [-0.1, -0.05) is 225 Å². The fourth-order valence-electron chi connectivity index (χ4n) is 5.45. The van der Waals surface area contributed by atoms with Crippen molar-refractivity contribution in [2.45, 2.75) is 215 Å². The predicted octanol–water partition coefficient (Wildman–Crippen LogP) is 19.6. The van der Waals surface area contributed by atoms with Gasteiger partial charge >= 0.3 is 0 Å². The van der Waals surface area contributed by atoms with E-state index in [1.807, 2.05) is 96.9 Å². The first-order chi connectivity index (χ1) is 28.4. The first-order valence-corrected chi connectivity index (χ1v) is 22.9. The average molecular weight is 917 g/mol. The van der Waals surface area contributed by atoms with Gasteiger partial charge < -0.3 is 0 Å². The van der Waals surface area contributed by atoms with E-state index in [1.54, 1.807) is 12.4 Å². The van der Waals surface area contributed by atoms with E-state index in [1.165, 1.54) is 22.4 Å². The Morgan fingerprint density at radius 3 is 1.02 bits per heavy atom. The summed E-state index contributed by atoms with van der Waals surface area (Å²) in [6.45, 7) is 45.5. The third-order valence-corrected chi connectivity index (χ3v) is 7.28. The van der Waals surface area contributed by atoms with Crippen LogP contribution in [0.15, 0.2) is 122 Å². The zero-order valence-corrected chi connectivity index (χ0v) is 43.3. The Labute approximate surface area is 415 Å². The molecular weight excluding hydrogens is 803 g/mol. The van der Waals surface area contributed by atoms with Crippen LogP contribution in [0.1, 0.15) is 211 Å². The molecule has 0 fully saturated rings. The van der Waals surface area contributed by atoms with Crippen LogP contribution in [-0.2, 0) is 32.1 Å². The van der Waals surface area contributed by atoms with Gasteiger partial charge in [-0.05, 0) is 106 Å². The van der Waals surface area contributed by atoms with Crippen LogP contribution in [0.5, 0.6) is 0 Å². The van der Waals surface area contributed by atoms with Crippen molar-refractivity contribution in [1.82, 2.24) is 24.9 Å². The maximum Gasteiger partial charge on any atom is 0.0591 e. The lowest BCUT2D eigenvalue weighted by Gasteiger charge is -2.17. The number of hydrogen-bond acceptors (Lipinski definition) is 5. The second-order valence-electron chi connectivity index (χ2n) is 20.4. The minimum absolute atomic E-state index is 0. The van der Waals surface area contributed by atoms with Crippen LogP contribution >= 0.6 is 0 Å². The first kappa shape index (κ1) is 78.9. The minimum Gasteiger partial charge on any atom is -0.265 e. The van der Waals surface area contributed by atoms with Crippen molar-refractivity contribution in [2.24, 2.45) is 27.1 Å². The standard InChI is InChI=1S/C11H16.3C10H15N.C9H14N2.3C2H6.5CH4/c1-11(2,3)9-10-7-5-4-6-8-10;1-10(2,3)8-9-4-6-11-7-5-9;1-10(2,3)7-9-5-4-6-11-8-9;1-10(2,3)8-9-6-4-5-7-11-9;1-9(2,3)6-8-7-10-4-5-11-8;3*1-2;;;;;/h4-8H,9H2,1-3H3;4-7H,8H2,1-3H3;4-6,8H,7H2,1-3H3;4-7H,8H2,1-3H3;4-5,7H,6H2,1-3H3;3*1-2H3;5*1H4. The Morgan fingerprint density at radius 2 is 0.652 bits per heavy atom. The smallest absolute Gasteiger partial charge is 0.0591 e. The molecule has 0 amide bonds. The van der Waals surface area contributed by atoms with Gasteiger partial charge in [0.2, 0.25) is 0 Å². The lowest BCUT2D eigenvalue weighted by Crippen LogP contribution is -2.10. The van der Waals surface area contributed by atoms with Crippen LogP contribution in [0.3, 0.4) is 0 Å². The Morgan fingerprint density at radius 1 is 0.288 bits per heavy atom. The van der Waals surface area contributed by atoms with Crippen LogP contribution in [0.4, 0.5) is 0 Å². The molecule has 1 aromatic carbocycles. The molecule has 0 radical (unpaired) electrons. The fraction of sp³-hybridized carbons (Fsp3) is 0.590. The Balaban J connectivity index is -0.000000101. The van der Waals surface area contributed by atoms with E-state index in [4.69, 9.17) is 0 Å². The highest BCUT2D eigenvalue weighted by atomic mass is 14.8. The van der Waals surface area contributed by atoms with Gasteiger partial charge in [-0.2, -0.15) is 0 Å². The normalized spacial score (nSPS) is 9.89. The second-order valence-corrected chi connectivity index (χ2v) is 20.4. The maximum atomic E-state index is 4.26. The molecule has 382 valence electrons. The molecule has 0 unspecified atom stereocenters. The van der Waals surface area contributed by atoms with Crippen molar-refractivity contribution in [1.29, 1.82) is 0 Å². The summed E-state index contributed by atoms with van der Waals surface area (Å²) in [5.74, 6) is 0. The predicted molar refractivity (Wildman–Crippen MR) is 305 cm³/mol. The van der Waals surface area contributed by atoms with Crippen molar-refractivity contribution in [3.8, 4) is 0 Å². The van der Waals surface area contributed by atoms with E-state index in [0.29, 0.717) is 27.1 Å². The van der Waals surface area contributed by atoms with Gasteiger partial charge in [-0.25, -0.2) is 0 Å². The highest BCUT2D eigenvalue weighted by Crippen LogP contribution is 2.22. The van der Waals surface area contributed by atoms with Crippen LogP contribution in [0, 0.1) is 27.1 Å². The highest BCUT2D eigenvalue weighted by Gasteiger charge is 2.13. The summed E-state index contributed by atoms with van der Waals surface area (Å²) in [5.41, 5.74) is 8.16. The molecule has 0 aliphatic heterocycles. The number of benzene rings is 1. The molecule has 4 heterocycles. The SMILES string of the molecule is C.C.C.C.C.CC.CC.CC.CC(C)(C)Cc1ccccc1.CC(C)(C)Cc1ccccn1.CC(C)(C)Cc1cccnc1.CC(C)(C)Cc1ccncc1.CC(C)(C)Cc1cnccn1. The average Bonchev–Trinajstić information content (AvgIpc) is 3.17. The van der Waals surface area contributed by atoms with Gasteiger partial charge in [-0.3, -0.25) is 24.9 Å². The van der Waals surface area contributed by atoms with Crippen molar-refractivity contribution in [2.75, 3.05) is 0 Å². The molecule has 5 heteroatoms. The van der Waals surface area contributed by atoms with Gasteiger partial charge in [0.25, 0.3) is 0 Å². The molecule has 0 N–H and O–H groups in total. The molecule has 0 aliphatic carbocycles. The third-order valence-electron chi connectivity index (χ3n) is 7.28. The number of rotatable bonds is 5. The van der Waals surface area contributed by atoms with E-state index in [0.717, 1.165) is 37.8 Å².